The van der Waals surface area contributed by atoms with Gasteiger partial charge in [-0.1, -0.05) is 47.6 Å². The van der Waals surface area contributed by atoms with E-state index in [1.54, 1.807) is 6.21 Å². The van der Waals surface area contributed by atoms with Crippen LogP contribution in [0.4, 0.5) is 0 Å². The molecule has 0 aliphatic carbocycles. The van der Waals surface area contributed by atoms with Crippen molar-refractivity contribution in [2.75, 3.05) is 6.61 Å². The number of ether oxygens (including phenoxy) is 1. The standard InChI is InChI=1S/C19H18ClN3O2S/c1-2-25-16-6-4-3-5-14(16)12-21-23-19-22-18(24)17(26-19)11-13-7-9-15(20)10-8-13/h3-10,12,17H,2,11H2,1H3,(H,22,23,24)/b21-12+. The summed E-state index contributed by atoms with van der Waals surface area (Å²) in [7, 11) is 0. The molecule has 7 heteroatoms. The van der Waals surface area contributed by atoms with Gasteiger partial charge in [0.25, 0.3) is 0 Å². The van der Waals surface area contributed by atoms with E-state index in [-0.39, 0.29) is 11.2 Å². The van der Waals surface area contributed by atoms with E-state index in [0.29, 0.717) is 23.2 Å². The molecule has 0 radical (unpaired) electrons. The van der Waals surface area contributed by atoms with Gasteiger partial charge in [0.1, 0.15) is 5.75 Å². The van der Waals surface area contributed by atoms with Gasteiger partial charge in [0.15, 0.2) is 5.17 Å². The van der Waals surface area contributed by atoms with Crippen LogP contribution in [0.2, 0.25) is 5.02 Å². The monoisotopic (exact) mass is 387 g/mol. The highest BCUT2D eigenvalue weighted by Crippen LogP contribution is 2.24. The van der Waals surface area contributed by atoms with Crippen molar-refractivity contribution in [3.05, 3.63) is 64.7 Å². The van der Waals surface area contributed by atoms with E-state index >= 15 is 0 Å². The Hall–Kier alpha value is -2.31. The van der Waals surface area contributed by atoms with Gasteiger partial charge in [0.2, 0.25) is 5.91 Å². The Bertz CT molecular complexity index is 837. The number of carbonyl (C=O) groups excluding carboxylic acids is 1. The van der Waals surface area contributed by atoms with E-state index in [1.807, 2.05) is 55.5 Å². The molecule has 1 N–H and O–H groups in total. The maximum Gasteiger partial charge on any atom is 0.239 e. The second kappa shape index (κ2) is 8.87. The molecular weight excluding hydrogens is 370 g/mol. The van der Waals surface area contributed by atoms with Gasteiger partial charge >= 0.3 is 0 Å². The molecule has 0 bridgehead atoms. The quantitative estimate of drug-likeness (QED) is 0.604. The number of amidine groups is 1. The molecule has 0 spiro atoms. The van der Waals surface area contributed by atoms with Crippen molar-refractivity contribution in [3.63, 3.8) is 0 Å². The molecular formula is C19H18ClN3O2S. The van der Waals surface area contributed by atoms with Crippen molar-refractivity contribution in [2.45, 2.75) is 18.6 Å². The number of nitrogens with zero attached hydrogens (tertiary/aromatic N) is 2. The van der Waals surface area contributed by atoms with Crippen LogP contribution in [-0.4, -0.2) is 29.1 Å². The molecule has 1 fully saturated rings. The number of para-hydroxylation sites is 1. The molecule has 3 rings (SSSR count). The Morgan fingerprint density at radius 3 is 2.77 bits per heavy atom. The van der Waals surface area contributed by atoms with Gasteiger partial charge in [-0.25, -0.2) is 0 Å². The molecule has 1 aliphatic heterocycles. The predicted molar refractivity (Wildman–Crippen MR) is 107 cm³/mol. The highest BCUT2D eigenvalue weighted by atomic mass is 35.5. The van der Waals surface area contributed by atoms with Crippen molar-refractivity contribution >= 4 is 40.7 Å². The fourth-order valence-electron chi connectivity index (χ4n) is 2.44. The van der Waals surface area contributed by atoms with E-state index < -0.39 is 0 Å². The topological polar surface area (TPSA) is 63.1 Å². The summed E-state index contributed by atoms with van der Waals surface area (Å²) in [5, 5.41) is 11.9. The molecule has 1 amide bonds. The van der Waals surface area contributed by atoms with E-state index in [9.17, 15) is 4.79 Å². The van der Waals surface area contributed by atoms with E-state index in [1.165, 1.54) is 11.8 Å². The zero-order valence-corrected chi connectivity index (χ0v) is 15.8. The summed E-state index contributed by atoms with van der Waals surface area (Å²) >= 11 is 7.27. The Kier molecular flexibility index (Phi) is 6.30. The molecule has 1 aliphatic rings. The van der Waals surface area contributed by atoms with Crippen molar-refractivity contribution < 1.29 is 9.53 Å². The fraction of sp³-hybridized carbons (Fsp3) is 0.211. The van der Waals surface area contributed by atoms with Crippen molar-refractivity contribution in [1.29, 1.82) is 0 Å². The van der Waals surface area contributed by atoms with Gasteiger partial charge in [0.05, 0.1) is 18.1 Å². The third-order valence-corrected chi connectivity index (χ3v) is 5.00. The summed E-state index contributed by atoms with van der Waals surface area (Å²) in [4.78, 5) is 12.1. The summed E-state index contributed by atoms with van der Waals surface area (Å²) in [6.45, 7) is 2.51. The van der Waals surface area contributed by atoms with Crippen molar-refractivity contribution in [3.8, 4) is 5.75 Å². The molecule has 1 atom stereocenters. The summed E-state index contributed by atoms with van der Waals surface area (Å²) in [6, 6.07) is 15.1. The van der Waals surface area contributed by atoms with Crippen molar-refractivity contribution in [2.24, 2.45) is 10.2 Å². The molecule has 134 valence electrons. The van der Waals surface area contributed by atoms with Gasteiger partial charge in [-0.05, 0) is 43.2 Å². The van der Waals surface area contributed by atoms with Crippen LogP contribution in [0.25, 0.3) is 0 Å². The van der Waals surface area contributed by atoms with Crippen LogP contribution in [0.3, 0.4) is 0 Å². The average Bonchev–Trinajstić information content (AvgIpc) is 2.98. The summed E-state index contributed by atoms with van der Waals surface area (Å²) < 4.78 is 5.54. The van der Waals surface area contributed by atoms with Gasteiger partial charge in [-0.2, -0.15) is 5.10 Å². The van der Waals surface area contributed by atoms with Crippen LogP contribution in [0.15, 0.2) is 58.7 Å². The lowest BCUT2D eigenvalue weighted by Gasteiger charge is -2.05. The Labute approximate surface area is 161 Å². The van der Waals surface area contributed by atoms with Crippen LogP contribution >= 0.6 is 23.4 Å². The predicted octanol–water partition coefficient (Wildman–Crippen LogP) is 3.90. The fourth-order valence-corrected chi connectivity index (χ4v) is 3.53. The summed E-state index contributed by atoms with van der Waals surface area (Å²) in [6.07, 6.45) is 2.24. The maximum atomic E-state index is 12.1. The maximum absolute atomic E-state index is 12.1. The molecule has 2 aromatic rings. The largest absolute Gasteiger partial charge is 0.493 e. The first-order chi connectivity index (χ1) is 12.7. The number of benzene rings is 2. The number of amides is 1. The number of halogens is 1. The van der Waals surface area contributed by atoms with Gasteiger partial charge in [0, 0.05) is 10.6 Å². The van der Waals surface area contributed by atoms with Crippen LogP contribution in [0.1, 0.15) is 18.1 Å². The third-order valence-electron chi connectivity index (χ3n) is 3.68. The highest BCUT2D eigenvalue weighted by Gasteiger charge is 2.30. The molecule has 1 heterocycles. The van der Waals surface area contributed by atoms with Crippen molar-refractivity contribution in [1.82, 2.24) is 5.32 Å². The van der Waals surface area contributed by atoms with Crippen LogP contribution in [0.5, 0.6) is 5.75 Å². The molecule has 0 saturated carbocycles. The lowest BCUT2D eigenvalue weighted by Crippen LogP contribution is -2.25. The lowest BCUT2D eigenvalue weighted by atomic mass is 10.1. The lowest BCUT2D eigenvalue weighted by molar-refractivity contribution is -0.118. The third kappa shape index (κ3) is 4.86. The minimum Gasteiger partial charge on any atom is -0.493 e. The molecule has 1 unspecified atom stereocenters. The Morgan fingerprint density at radius 2 is 2.00 bits per heavy atom. The SMILES string of the molecule is CCOc1ccccc1/C=N/N=C1\NC(=O)C(Cc2ccc(Cl)cc2)S1. The van der Waals surface area contributed by atoms with Gasteiger partial charge < -0.3 is 10.1 Å². The zero-order valence-electron chi connectivity index (χ0n) is 14.2. The molecule has 1 saturated heterocycles. The van der Waals surface area contributed by atoms with Crippen LogP contribution in [-0.2, 0) is 11.2 Å². The van der Waals surface area contributed by atoms with E-state index in [0.717, 1.165) is 16.9 Å². The van der Waals surface area contributed by atoms with Crippen LogP contribution in [0, 0.1) is 0 Å². The number of nitrogens with one attached hydrogen (secondary N) is 1. The summed E-state index contributed by atoms with van der Waals surface area (Å²) in [5.41, 5.74) is 1.89. The number of thioether (sulfide) groups is 1. The second-order valence-corrected chi connectivity index (χ2v) is 7.17. The number of hydrogen-bond donors (Lipinski definition) is 1. The molecule has 0 aromatic heterocycles. The Balaban J connectivity index is 1.64. The smallest absolute Gasteiger partial charge is 0.239 e. The minimum atomic E-state index is -0.221. The first kappa shape index (κ1) is 18.5. The van der Waals surface area contributed by atoms with E-state index in [4.69, 9.17) is 16.3 Å². The highest BCUT2D eigenvalue weighted by molar-refractivity contribution is 8.15. The molecule has 5 nitrogen and oxygen atoms in total. The normalized spacial score (nSPS) is 18.5. The minimum absolute atomic E-state index is 0.0615. The summed E-state index contributed by atoms with van der Waals surface area (Å²) in [5.74, 6) is 0.691. The first-order valence-electron chi connectivity index (χ1n) is 8.20. The van der Waals surface area contributed by atoms with Gasteiger partial charge in [-0.15, -0.1) is 5.10 Å². The molecule has 2 aromatic carbocycles. The number of rotatable bonds is 6. The zero-order chi connectivity index (χ0) is 18.4. The number of hydrogen-bond acceptors (Lipinski definition) is 5. The average molecular weight is 388 g/mol. The Morgan fingerprint density at radius 1 is 1.23 bits per heavy atom. The van der Waals surface area contributed by atoms with Gasteiger partial charge in [-0.3, -0.25) is 4.79 Å². The first-order valence-corrected chi connectivity index (χ1v) is 9.46. The number of carbonyl (C=O) groups is 1. The molecule has 26 heavy (non-hydrogen) atoms. The van der Waals surface area contributed by atoms with E-state index in [2.05, 4.69) is 15.5 Å². The second-order valence-electron chi connectivity index (χ2n) is 5.55. The van der Waals surface area contributed by atoms with Crippen LogP contribution < -0.4 is 10.1 Å².